The minimum atomic E-state index is -0.524. The summed E-state index contributed by atoms with van der Waals surface area (Å²) in [6.07, 6.45) is 1.98. The first kappa shape index (κ1) is 16.2. The Morgan fingerprint density at radius 3 is 2.75 bits per heavy atom. The van der Waals surface area contributed by atoms with Gasteiger partial charge in [-0.05, 0) is 37.0 Å². The summed E-state index contributed by atoms with van der Waals surface area (Å²) in [5, 5.41) is 0. The zero-order chi connectivity index (χ0) is 17.1. The number of likely N-dealkylation sites (tertiary alicyclic amines) is 1. The number of hydrogen-bond acceptors (Lipinski definition) is 4. The second kappa shape index (κ2) is 6.86. The highest BCUT2D eigenvalue weighted by Gasteiger charge is 2.22. The van der Waals surface area contributed by atoms with Gasteiger partial charge < -0.3 is 14.6 Å². The second-order valence-corrected chi connectivity index (χ2v) is 6.19. The van der Waals surface area contributed by atoms with Gasteiger partial charge in [0.25, 0.3) is 5.91 Å². The van der Waals surface area contributed by atoms with Crippen molar-refractivity contribution in [2.24, 2.45) is 5.92 Å². The molecule has 1 N–H and O–H groups in total. The molecule has 6 nitrogen and oxygen atoms in total. The predicted octanol–water partition coefficient (Wildman–Crippen LogP) is 2.32. The van der Waals surface area contributed by atoms with Gasteiger partial charge in [0, 0.05) is 18.7 Å². The van der Waals surface area contributed by atoms with E-state index < -0.39 is 5.69 Å². The maximum absolute atomic E-state index is 12.7. The van der Waals surface area contributed by atoms with Crippen LogP contribution >= 0.6 is 0 Å². The molecule has 1 aliphatic heterocycles. The molecule has 0 atom stereocenters. The Bertz CT molecular complexity index is 792. The third-order valence-electron chi connectivity index (χ3n) is 4.41. The lowest BCUT2D eigenvalue weighted by Crippen LogP contribution is -2.39. The highest BCUT2D eigenvalue weighted by molar-refractivity contribution is 5.93. The number of carbonyl (C=O) groups is 1. The molecule has 0 saturated carbocycles. The Morgan fingerprint density at radius 2 is 2.04 bits per heavy atom. The van der Waals surface area contributed by atoms with Crippen molar-refractivity contribution in [2.45, 2.75) is 19.8 Å². The van der Waals surface area contributed by atoms with Crippen LogP contribution in [0.1, 0.15) is 30.3 Å². The number of H-pyrrole nitrogens is 1. The van der Waals surface area contributed by atoms with Gasteiger partial charge in [-0.2, -0.15) is 4.98 Å². The third kappa shape index (κ3) is 3.48. The summed E-state index contributed by atoms with van der Waals surface area (Å²) in [6.45, 7) is 3.63. The van der Waals surface area contributed by atoms with Crippen molar-refractivity contribution in [3.63, 3.8) is 0 Å². The summed E-state index contributed by atoms with van der Waals surface area (Å²) in [6, 6.07) is 8.90. The number of benzene rings is 1. The van der Waals surface area contributed by atoms with E-state index >= 15 is 0 Å². The maximum atomic E-state index is 12.7. The fraction of sp³-hybridized carbons (Fsp3) is 0.389. The van der Waals surface area contributed by atoms with Crippen LogP contribution in [0.5, 0.6) is 5.75 Å². The summed E-state index contributed by atoms with van der Waals surface area (Å²) in [5.41, 5.74) is 0.958. The number of piperidine rings is 1. The third-order valence-corrected chi connectivity index (χ3v) is 4.41. The van der Waals surface area contributed by atoms with E-state index in [1.165, 1.54) is 0 Å². The van der Waals surface area contributed by atoms with Crippen molar-refractivity contribution in [2.75, 3.05) is 20.2 Å². The molecule has 1 fully saturated rings. The van der Waals surface area contributed by atoms with Crippen LogP contribution in [0.25, 0.3) is 11.3 Å². The zero-order valence-corrected chi connectivity index (χ0v) is 13.9. The Morgan fingerprint density at radius 1 is 1.29 bits per heavy atom. The monoisotopic (exact) mass is 327 g/mol. The molecule has 1 amide bonds. The fourth-order valence-corrected chi connectivity index (χ4v) is 2.89. The predicted molar refractivity (Wildman–Crippen MR) is 91.1 cm³/mol. The molecule has 1 aromatic carbocycles. The highest BCUT2D eigenvalue weighted by Crippen LogP contribution is 2.23. The molecule has 0 radical (unpaired) electrons. The molecule has 24 heavy (non-hydrogen) atoms. The standard InChI is InChI=1S/C18H21N3O3/c1-12-6-8-21(9-7-12)17(22)16-11-15(19-18(23)20-16)13-4-3-5-14(10-13)24-2/h3-5,10-12H,6-9H2,1-2H3,(H,19,20,23). The molecule has 0 unspecified atom stereocenters. The molecule has 1 aromatic heterocycles. The summed E-state index contributed by atoms with van der Waals surface area (Å²) < 4.78 is 5.20. The van der Waals surface area contributed by atoms with Crippen molar-refractivity contribution in [1.29, 1.82) is 0 Å². The van der Waals surface area contributed by atoms with Crippen LogP contribution in [0.2, 0.25) is 0 Å². The van der Waals surface area contributed by atoms with Gasteiger partial charge in [0.2, 0.25) is 0 Å². The van der Waals surface area contributed by atoms with Gasteiger partial charge in [-0.15, -0.1) is 0 Å². The average Bonchev–Trinajstić information content (AvgIpc) is 2.61. The second-order valence-electron chi connectivity index (χ2n) is 6.19. The topological polar surface area (TPSA) is 75.3 Å². The van der Waals surface area contributed by atoms with E-state index in [-0.39, 0.29) is 11.6 Å². The van der Waals surface area contributed by atoms with E-state index in [1.54, 1.807) is 24.1 Å². The van der Waals surface area contributed by atoms with E-state index in [9.17, 15) is 9.59 Å². The normalized spacial score (nSPS) is 15.3. The quantitative estimate of drug-likeness (QED) is 0.939. The van der Waals surface area contributed by atoms with Crippen LogP contribution < -0.4 is 10.4 Å². The molecular formula is C18H21N3O3. The van der Waals surface area contributed by atoms with Crippen molar-refractivity contribution >= 4 is 5.91 Å². The Kier molecular flexibility index (Phi) is 4.64. The number of nitrogens with one attached hydrogen (secondary N) is 1. The SMILES string of the molecule is COc1cccc(-c2cc(C(=O)N3CCC(C)CC3)[nH]c(=O)n2)c1. The number of ether oxygens (including phenoxy) is 1. The molecule has 0 bridgehead atoms. The van der Waals surface area contributed by atoms with Gasteiger partial charge in [-0.25, -0.2) is 4.79 Å². The van der Waals surface area contributed by atoms with Crippen LogP contribution in [0.15, 0.2) is 35.1 Å². The summed E-state index contributed by atoms with van der Waals surface area (Å²) >= 11 is 0. The zero-order valence-electron chi connectivity index (χ0n) is 13.9. The lowest BCUT2D eigenvalue weighted by atomic mass is 9.99. The van der Waals surface area contributed by atoms with E-state index in [2.05, 4.69) is 16.9 Å². The molecular weight excluding hydrogens is 306 g/mol. The molecule has 2 aromatic rings. The number of methoxy groups -OCH3 is 1. The van der Waals surface area contributed by atoms with Crippen molar-refractivity contribution in [3.05, 3.63) is 46.5 Å². The number of carbonyl (C=O) groups excluding carboxylic acids is 1. The van der Waals surface area contributed by atoms with E-state index in [0.717, 1.165) is 31.5 Å². The number of rotatable bonds is 3. The molecule has 1 saturated heterocycles. The first-order valence-corrected chi connectivity index (χ1v) is 8.12. The minimum Gasteiger partial charge on any atom is -0.497 e. The fourth-order valence-electron chi connectivity index (χ4n) is 2.89. The molecule has 126 valence electrons. The smallest absolute Gasteiger partial charge is 0.346 e. The van der Waals surface area contributed by atoms with Crippen LogP contribution in [0, 0.1) is 5.92 Å². The van der Waals surface area contributed by atoms with E-state index in [4.69, 9.17) is 4.74 Å². The van der Waals surface area contributed by atoms with Crippen LogP contribution in [0.4, 0.5) is 0 Å². The van der Waals surface area contributed by atoms with E-state index in [1.807, 2.05) is 18.2 Å². The minimum absolute atomic E-state index is 0.148. The number of aromatic nitrogens is 2. The summed E-state index contributed by atoms with van der Waals surface area (Å²) in [5.74, 6) is 1.16. The lowest BCUT2D eigenvalue weighted by Gasteiger charge is -2.30. The first-order valence-electron chi connectivity index (χ1n) is 8.12. The Balaban J connectivity index is 1.91. The summed E-state index contributed by atoms with van der Waals surface area (Å²) in [7, 11) is 1.58. The molecule has 6 heteroatoms. The molecule has 3 rings (SSSR count). The van der Waals surface area contributed by atoms with E-state index in [0.29, 0.717) is 17.4 Å². The Hall–Kier alpha value is -2.63. The molecule has 0 spiro atoms. The largest absolute Gasteiger partial charge is 0.497 e. The van der Waals surface area contributed by atoms with Crippen LogP contribution in [0.3, 0.4) is 0 Å². The summed E-state index contributed by atoms with van der Waals surface area (Å²) in [4.78, 5) is 32.9. The van der Waals surface area contributed by atoms with Crippen LogP contribution in [-0.4, -0.2) is 41.0 Å². The lowest BCUT2D eigenvalue weighted by molar-refractivity contribution is 0.0690. The maximum Gasteiger partial charge on any atom is 0.346 e. The molecule has 2 heterocycles. The first-order chi connectivity index (χ1) is 11.6. The number of aromatic amines is 1. The molecule has 0 aliphatic carbocycles. The van der Waals surface area contributed by atoms with Gasteiger partial charge in [-0.1, -0.05) is 19.1 Å². The highest BCUT2D eigenvalue weighted by atomic mass is 16.5. The van der Waals surface area contributed by atoms with Gasteiger partial charge in [0.05, 0.1) is 12.8 Å². The average molecular weight is 327 g/mol. The Labute approximate surface area is 140 Å². The van der Waals surface area contributed by atoms with Crippen LogP contribution in [-0.2, 0) is 0 Å². The number of nitrogens with zero attached hydrogens (tertiary/aromatic N) is 2. The van der Waals surface area contributed by atoms with Gasteiger partial charge in [0.15, 0.2) is 0 Å². The van der Waals surface area contributed by atoms with Gasteiger partial charge >= 0.3 is 5.69 Å². The number of amides is 1. The van der Waals surface area contributed by atoms with Crippen molar-refractivity contribution in [3.8, 4) is 17.0 Å². The number of hydrogen-bond donors (Lipinski definition) is 1. The van der Waals surface area contributed by atoms with Crippen molar-refractivity contribution in [1.82, 2.24) is 14.9 Å². The van der Waals surface area contributed by atoms with Gasteiger partial charge in [0.1, 0.15) is 11.4 Å². The van der Waals surface area contributed by atoms with Crippen molar-refractivity contribution < 1.29 is 9.53 Å². The molecule has 1 aliphatic rings. The van der Waals surface area contributed by atoms with Gasteiger partial charge in [-0.3, -0.25) is 4.79 Å².